The van der Waals surface area contributed by atoms with E-state index in [4.69, 9.17) is 9.47 Å². The van der Waals surface area contributed by atoms with E-state index in [0.29, 0.717) is 19.5 Å². The van der Waals surface area contributed by atoms with Crippen LogP contribution in [0.15, 0.2) is 49.6 Å². The molecule has 0 spiro atoms. The average molecular weight is 289 g/mol. The zero-order chi connectivity index (χ0) is 15.7. The highest BCUT2D eigenvalue weighted by molar-refractivity contribution is 5.75. The van der Waals surface area contributed by atoms with Crippen molar-refractivity contribution >= 4 is 5.97 Å². The molecule has 1 aromatic carbocycles. The smallest absolute Gasteiger partial charge is 0.323 e. The van der Waals surface area contributed by atoms with Crippen molar-refractivity contribution < 1.29 is 14.3 Å². The van der Waals surface area contributed by atoms with E-state index in [9.17, 15) is 4.79 Å². The molecule has 0 radical (unpaired) electrons. The lowest BCUT2D eigenvalue weighted by Crippen LogP contribution is -2.41. The van der Waals surface area contributed by atoms with Crippen LogP contribution in [-0.4, -0.2) is 37.7 Å². The lowest BCUT2D eigenvalue weighted by Gasteiger charge is -2.28. The van der Waals surface area contributed by atoms with Crippen LogP contribution in [0.25, 0.3) is 0 Å². The second-order valence-corrected chi connectivity index (χ2v) is 4.63. The Balaban J connectivity index is 2.89. The topological polar surface area (TPSA) is 38.8 Å². The number of carbonyl (C=O) groups is 1. The molecule has 0 heterocycles. The standard InChI is InChI=1S/C17H23NO3/c1-5-7-16(17(19)21-4)18(12-6-2)13-14-8-10-15(20-3)11-9-14/h5-6,8-11,16H,1-2,7,12-13H2,3-4H3/t16-/m1/s1. The maximum absolute atomic E-state index is 11.9. The number of nitrogens with zero attached hydrogens (tertiary/aromatic N) is 1. The first-order chi connectivity index (χ1) is 10.2. The molecule has 0 saturated carbocycles. The van der Waals surface area contributed by atoms with E-state index in [2.05, 4.69) is 13.2 Å². The number of ether oxygens (including phenoxy) is 2. The van der Waals surface area contributed by atoms with Gasteiger partial charge in [-0.05, 0) is 24.1 Å². The predicted molar refractivity (Wildman–Crippen MR) is 84.2 cm³/mol. The first-order valence-electron chi connectivity index (χ1n) is 6.82. The van der Waals surface area contributed by atoms with Gasteiger partial charge in [0, 0.05) is 13.1 Å². The molecular weight excluding hydrogens is 266 g/mol. The fraction of sp³-hybridized carbons (Fsp3) is 0.353. The molecule has 1 atom stereocenters. The van der Waals surface area contributed by atoms with Crippen LogP contribution in [0.4, 0.5) is 0 Å². The predicted octanol–water partition coefficient (Wildman–Crippen LogP) is 2.80. The lowest BCUT2D eigenvalue weighted by molar-refractivity contribution is -0.146. The molecule has 0 aromatic heterocycles. The van der Waals surface area contributed by atoms with Gasteiger partial charge in [-0.3, -0.25) is 9.69 Å². The molecule has 0 aliphatic carbocycles. The molecule has 0 fully saturated rings. The van der Waals surface area contributed by atoms with E-state index < -0.39 is 0 Å². The summed E-state index contributed by atoms with van der Waals surface area (Å²) >= 11 is 0. The SMILES string of the molecule is C=CC[C@H](C(=O)OC)N(CC=C)Cc1ccc(OC)cc1. The Morgan fingerprint density at radius 2 is 1.90 bits per heavy atom. The maximum atomic E-state index is 11.9. The molecule has 0 bridgehead atoms. The first kappa shape index (κ1) is 17.0. The minimum absolute atomic E-state index is 0.259. The molecule has 0 aliphatic rings. The van der Waals surface area contributed by atoms with Crippen molar-refractivity contribution in [1.82, 2.24) is 4.90 Å². The van der Waals surface area contributed by atoms with E-state index in [1.807, 2.05) is 29.2 Å². The number of benzene rings is 1. The Morgan fingerprint density at radius 3 is 2.38 bits per heavy atom. The molecule has 0 unspecified atom stereocenters. The van der Waals surface area contributed by atoms with Crippen molar-refractivity contribution in [2.45, 2.75) is 19.0 Å². The summed E-state index contributed by atoms with van der Waals surface area (Å²) in [6, 6.07) is 7.42. The summed E-state index contributed by atoms with van der Waals surface area (Å²) in [6.45, 7) is 8.70. The van der Waals surface area contributed by atoms with E-state index in [1.165, 1.54) is 7.11 Å². The monoisotopic (exact) mass is 289 g/mol. The Labute approximate surface area is 126 Å². The zero-order valence-electron chi connectivity index (χ0n) is 12.7. The van der Waals surface area contributed by atoms with Crippen LogP contribution in [0.2, 0.25) is 0 Å². The molecule has 4 heteroatoms. The van der Waals surface area contributed by atoms with Gasteiger partial charge < -0.3 is 9.47 Å². The molecule has 0 N–H and O–H groups in total. The molecule has 21 heavy (non-hydrogen) atoms. The quantitative estimate of drug-likeness (QED) is 0.517. The molecule has 0 amide bonds. The largest absolute Gasteiger partial charge is 0.497 e. The van der Waals surface area contributed by atoms with Crippen LogP contribution in [0.5, 0.6) is 5.75 Å². The lowest BCUT2D eigenvalue weighted by atomic mass is 10.1. The fourth-order valence-electron chi connectivity index (χ4n) is 2.12. The minimum Gasteiger partial charge on any atom is -0.497 e. The third-order valence-electron chi connectivity index (χ3n) is 3.21. The molecule has 0 saturated heterocycles. The molecule has 1 aromatic rings. The van der Waals surface area contributed by atoms with Crippen molar-refractivity contribution in [2.75, 3.05) is 20.8 Å². The second kappa shape index (κ2) is 8.97. The number of hydrogen-bond donors (Lipinski definition) is 0. The van der Waals surface area contributed by atoms with E-state index in [1.54, 1.807) is 19.3 Å². The minimum atomic E-state index is -0.354. The van der Waals surface area contributed by atoms with Crippen LogP contribution in [-0.2, 0) is 16.1 Å². The Bertz CT molecular complexity index is 467. The van der Waals surface area contributed by atoms with Crippen LogP contribution < -0.4 is 4.74 Å². The van der Waals surface area contributed by atoms with Gasteiger partial charge in [0.1, 0.15) is 11.8 Å². The van der Waals surface area contributed by atoms with Crippen LogP contribution in [0, 0.1) is 0 Å². The fourth-order valence-corrected chi connectivity index (χ4v) is 2.12. The summed E-state index contributed by atoms with van der Waals surface area (Å²) in [5.41, 5.74) is 1.09. The van der Waals surface area contributed by atoms with Crippen LogP contribution >= 0.6 is 0 Å². The summed E-state index contributed by atoms with van der Waals surface area (Å²) in [5, 5.41) is 0. The summed E-state index contributed by atoms with van der Waals surface area (Å²) in [7, 11) is 3.04. The summed E-state index contributed by atoms with van der Waals surface area (Å²) in [5.74, 6) is 0.551. The van der Waals surface area contributed by atoms with Crippen molar-refractivity contribution in [2.24, 2.45) is 0 Å². The second-order valence-electron chi connectivity index (χ2n) is 4.63. The average Bonchev–Trinajstić information content (AvgIpc) is 2.52. The highest BCUT2D eigenvalue weighted by atomic mass is 16.5. The third-order valence-corrected chi connectivity index (χ3v) is 3.21. The van der Waals surface area contributed by atoms with Gasteiger partial charge in [-0.15, -0.1) is 13.2 Å². The summed E-state index contributed by atoms with van der Waals surface area (Å²) < 4.78 is 10.0. The Morgan fingerprint density at radius 1 is 1.24 bits per heavy atom. The maximum Gasteiger partial charge on any atom is 0.323 e. The number of carbonyl (C=O) groups excluding carboxylic acids is 1. The van der Waals surface area contributed by atoms with Crippen molar-refractivity contribution in [1.29, 1.82) is 0 Å². The first-order valence-corrected chi connectivity index (χ1v) is 6.82. The van der Waals surface area contributed by atoms with Crippen LogP contribution in [0.3, 0.4) is 0 Å². The molecule has 1 rings (SSSR count). The van der Waals surface area contributed by atoms with Crippen molar-refractivity contribution in [3.05, 3.63) is 55.1 Å². The van der Waals surface area contributed by atoms with E-state index in [-0.39, 0.29) is 12.0 Å². The van der Waals surface area contributed by atoms with Gasteiger partial charge in [-0.25, -0.2) is 0 Å². The van der Waals surface area contributed by atoms with Gasteiger partial charge in [-0.2, -0.15) is 0 Å². The van der Waals surface area contributed by atoms with Crippen molar-refractivity contribution in [3.8, 4) is 5.75 Å². The molecule has 4 nitrogen and oxygen atoms in total. The third kappa shape index (κ3) is 5.08. The summed E-state index contributed by atoms with van der Waals surface area (Å²) in [6.07, 6.45) is 4.05. The van der Waals surface area contributed by atoms with E-state index in [0.717, 1.165) is 11.3 Å². The highest BCUT2D eigenvalue weighted by Gasteiger charge is 2.24. The number of esters is 1. The molecule has 0 aliphatic heterocycles. The van der Waals surface area contributed by atoms with Crippen molar-refractivity contribution in [3.63, 3.8) is 0 Å². The normalized spacial score (nSPS) is 11.8. The highest BCUT2D eigenvalue weighted by Crippen LogP contribution is 2.16. The molecular formula is C17H23NO3. The van der Waals surface area contributed by atoms with Gasteiger partial charge in [0.15, 0.2) is 0 Å². The van der Waals surface area contributed by atoms with Gasteiger partial charge >= 0.3 is 5.97 Å². The Kier molecular flexibility index (Phi) is 7.26. The number of rotatable bonds is 9. The van der Waals surface area contributed by atoms with Crippen LogP contribution in [0.1, 0.15) is 12.0 Å². The van der Waals surface area contributed by atoms with Gasteiger partial charge in [-0.1, -0.05) is 24.3 Å². The zero-order valence-corrected chi connectivity index (χ0v) is 12.7. The number of methoxy groups -OCH3 is 2. The Hall–Kier alpha value is -2.07. The van der Waals surface area contributed by atoms with Gasteiger partial charge in [0.05, 0.1) is 14.2 Å². The summed E-state index contributed by atoms with van der Waals surface area (Å²) in [4.78, 5) is 14.0. The van der Waals surface area contributed by atoms with Gasteiger partial charge in [0.25, 0.3) is 0 Å². The number of hydrogen-bond acceptors (Lipinski definition) is 4. The molecule has 114 valence electrons. The van der Waals surface area contributed by atoms with E-state index >= 15 is 0 Å². The van der Waals surface area contributed by atoms with Gasteiger partial charge in [0.2, 0.25) is 0 Å².